The van der Waals surface area contributed by atoms with E-state index in [0.717, 1.165) is 24.1 Å². The third-order valence-electron chi connectivity index (χ3n) is 5.28. The van der Waals surface area contributed by atoms with Crippen molar-refractivity contribution in [1.29, 1.82) is 0 Å². The quantitative estimate of drug-likeness (QED) is 0.493. The van der Waals surface area contributed by atoms with Crippen LogP contribution in [0.3, 0.4) is 0 Å². The van der Waals surface area contributed by atoms with Crippen LogP contribution in [0.25, 0.3) is 0 Å². The van der Waals surface area contributed by atoms with Gasteiger partial charge in [-0.2, -0.15) is 0 Å². The van der Waals surface area contributed by atoms with Gasteiger partial charge in [0.05, 0.1) is 11.0 Å². The van der Waals surface area contributed by atoms with E-state index in [2.05, 4.69) is 42.6 Å². The number of benzene rings is 2. The molecule has 4 rings (SSSR count). The van der Waals surface area contributed by atoms with Crippen LogP contribution in [0.15, 0.2) is 54.6 Å². The van der Waals surface area contributed by atoms with Crippen LogP contribution in [0, 0.1) is 16.0 Å². The van der Waals surface area contributed by atoms with Crippen LogP contribution < -0.4 is 5.32 Å². The van der Waals surface area contributed by atoms with Gasteiger partial charge in [-0.05, 0) is 41.5 Å². The molecule has 0 aromatic heterocycles. The zero-order valence-corrected chi connectivity index (χ0v) is 13.6. The monoisotopic (exact) mass is 320 g/mol. The van der Waals surface area contributed by atoms with E-state index in [1.807, 2.05) is 6.07 Å². The number of non-ortho nitro benzene ring substituents is 1. The first-order valence-corrected chi connectivity index (χ1v) is 8.47. The maximum atomic E-state index is 11.1. The summed E-state index contributed by atoms with van der Waals surface area (Å²) in [6.45, 7) is 2.17. The normalized spacial score (nSPS) is 24.1. The zero-order chi connectivity index (χ0) is 16.7. The first-order valence-electron chi connectivity index (χ1n) is 8.47. The van der Waals surface area contributed by atoms with Crippen molar-refractivity contribution in [2.24, 2.45) is 5.92 Å². The number of aryl methyl sites for hydroxylation is 1. The van der Waals surface area contributed by atoms with Gasteiger partial charge in [-0.15, -0.1) is 0 Å². The van der Waals surface area contributed by atoms with Crippen LogP contribution in [-0.2, 0) is 6.42 Å². The second-order valence-corrected chi connectivity index (χ2v) is 6.60. The summed E-state index contributed by atoms with van der Waals surface area (Å²) in [6.07, 6.45) is 6.58. The Bertz CT molecular complexity index is 828. The highest BCUT2D eigenvalue weighted by Gasteiger charge is 2.38. The average molecular weight is 320 g/mol. The SMILES string of the molecule is CCc1ccc2c(c1)[C@@H]1C=CC[C@@H]1[C@H](c1cccc([N+](=O)[O-])c1)N2. The summed E-state index contributed by atoms with van der Waals surface area (Å²) in [7, 11) is 0. The number of hydrogen-bond donors (Lipinski definition) is 1. The number of nitro groups is 1. The van der Waals surface area contributed by atoms with Crippen LogP contribution in [0.1, 0.15) is 42.0 Å². The fourth-order valence-electron chi connectivity index (χ4n) is 4.03. The molecule has 0 fully saturated rings. The predicted octanol–water partition coefficient (Wildman–Crippen LogP) is 4.98. The molecule has 0 amide bonds. The van der Waals surface area contributed by atoms with E-state index in [0.29, 0.717) is 11.8 Å². The molecule has 1 N–H and O–H groups in total. The lowest BCUT2D eigenvalue weighted by molar-refractivity contribution is -0.384. The van der Waals surface area contributed by atoms with Gasteiger partial charge in [0, 0.05) is 23.7 Å². The van der Waals surface area contributed by atoms with Crippen molar-refractivity contribution in [2.75, 3.05) is 5.32 Å². The minimum atomic E-state index is -0.321. The lowest BCUT2D eigenvalue weighted by Gasteiger charge is -2.37. The lowest BCUT2D eigenvalue weighted by atomic mass is 9.76. The third-order valence-corrected chi connectivity index (χ3v) is 5.28. The second-order valence-electron chi connectivity index (χ2n) is 6.60. The summed E-state index contributed by atoms with van der Waals surface area (Å²) < 4.78 is 0. The zero-order valence-electron chi connectivity index (χ0n) is 13.6. The number of nitrogens with one attached hydrogen (secondary N) is 1. The lowest BCUT2D eigenvalue weighted by Crippen LogP contribution is -2.29. The summed E-state index contributed by atoms with van der Waals surface area (Å²) in [5, 5.41) is 14.7. The van der Waals surface area contributed by atoms with Crippen molar-refractivity contribution in [3.05, 3.63) is 81.4 Å². The summed E-state index contributed by atoms with van der Waals surface area (Å²) in [6, 6.07) is 13.8. The van der Waals surface area contributed by atoms with Crippen molar-refractivity contribution >= 4 is 11.4 Å². The topological polar surface area (TPSA) is 55.2 Å². The van der Waals surface area contributed by atoms with Gasteiger partial charge in [0.2, 0.25) is 0 Å². The van der Waals surface area contributed by atoms with E-state index in [9.17, 15) is 10.1 Å². The number of rotatable bonds is 3. The van der Waals surface area contributed by atoms with E-state index in [4.69, 9.17) is 0 Å². The molecule has 1 aliphatic carbocycles. The molecule has 4 nitrogen and oxygen atoms in total. The average Bonchev–Trinajstić information content (AvgIpc) is 3.10. The van der Waals surface area contributed by atoms with Crippen molar-refractivity contribution in [3.8, 4) is 0 Å². The van der Waals surface area contributed by atoms with Crippen molar-refractivity contribution in [2.45, 2.75) is 31.7 Å². The van der Waals surface area contributed by atoms with Crippen LogP contribution in [0.2, 0.25) is 0 Å². The molecular formula is C20H20N2O2. The van der Waals surface area contributed by atoms with Crippen LogP contribution in [-0.4, -0.2) is 4.92 Å². The van der Waals surface area contributed by atoms with E-state index in [1.54, 1.807) is 18.2 Å². The van der Waals surface area contributed by atoms with Gasteiger partial charge >= 0.3 is 0 Å². The maximum absolute atomic E-state index is 11.1. The number of nitro benzene ring substituents is 1. The Kier molecular flexibility index (Phi) is 3.60. The first kappa shape index (κ1) is 14.9. The Morgan fingerprint density at radius 1 is 1.25 bits per heavy atom. The fraction of sp³-hybridized carbons (Fsp3) is 0.300. The molecule has 0 saturated heterocycles. The molecule has 3 atom stereocenters. The highest BCUT2D eigenvalue weighted by atomic mass is 16.6. The molecule has 1 aliphatic heterocycles. The van der Waals surface area contributed by atoms with Crippen molar-refractivity contribution < 1.29 is 4.92 Å². The van der Waals surface area contributed by atoms with Crippen molar-refractivity contribution in [3.63, 3.8) is 0 Å². The number of fused-ring (bicyclic) bond motifs is 3. The molecule has 4 heteroatoms. The molecule has 0 bridgehead atoms. The van der Waals surface area contributed by atoms with Gasteiger partial charge in [-0.3, -0.25) is 10.1 Å². The predicted molar refractivity (Wildman–Crippen MR) is 95.3 cm³/mol. The number of nitrogens with zero attached hydrogens (tertiary/aromatic N) is 1. The maximum Gasteiger partial charge on any atom is 0.269 e. The number of allylic oxidation sites excluding steroid dienone is 2. The van der Waals surface area contributed by atoms with E-state index in [1.165, 1.54) is 11.1 Å². The Morgan fingerprint density at radius 3 is 2.92 bits per heavy atom. The smallest absolute Gasteiger partial charge is 0.269 e. The summed E-state index contributed by atoms with van der Waals surface area (Å²) in [5.74, 6) is 0.795. The van der Waals surface area contributed by atoms with Gasteiger partial charge in [0.25, 0.3) is 5.69 Å². The van der Waals surface area contributed by atoms with Crippen LogP contribution >= 0.6 is 0 Å². The van der Waals surface area contributed by atoms with E-state index >= 15 is 0 Å². The molecule has 2 aromatic rings. The molecule has 122 valence electrons. The van der Waals surface area contributed by atoms with Gasteiger partial charge in [-0.1, -0.05) is 43.3 Å². The molecular weight excluding hydrogens is 300 g/mol. The highest BCUT2D eigenvalue weighted by Crippen LogP contribution is 2.50. The summed E-state index contributed by atoms with van der Waals surface area (Å²) >= 11 is 0. The molecule has 1 heterocycles. The molecule has 0 unspecified atom stereocenters. The highest BCUT2D eigenvalue weighted by molar-refractivity contribution is 5.61. The minimum Gasteiger partial charge on any atom is -0.378 e. The van der Waals surface area contributed by atoms with Crippen LogP contribution in [0.5, 0.6) is 0 Å². The Balaban J connectivity index is 1.76. The summed E-state index contributed by atoms with van der Waals surface area (Å²) in [5.41, 5.74) is 5.01. The molecule has 0 radical (unpaired) electrons. The van der Waals surface area contributed by atoms with Gasteiger partial charge in [-0.25, -0.2) is 0 Å². The standard InChI is InChI=1S/C20H20N2O2/c1-2-13-9-10-19-18(11-13)16-7-4-8-17(16)20(21-19)14-5-3-6-15(12-14)22(23)24/h3-7,9-12,16-17,20-21H,2,8H2,1H3/t16-,17+,20+/m1/s1. The second kappa shape index (κ2) is 5.78. The first-order chi connectivity index (χ1) is 11.7. The number of hydrogen-bond acceptors (Lipinski definition) is 3. The molecule has 0 spiro atoms. The fourth-order valence-corrected chi connectivity index (χ4v) is 4.03. The number of anilines is 1. The Morgan fingerprint density at radius 2 is 2.12 bits per heavy atom. The van der Waals surface area contributed by atoms with Gasteiger partial charge in [0.15, 0.2) is 0 Å². The molecule has 2 aliphatic rings. The van der Waals surface area contributed by atoms with E-state index in [-0.39, 0.29) is 16.7 Å². The van der Waals surface area contributed by atoms with Crippen molar-refractivity contribution in [1.82, 2.24) is 0 Å². The largest absolute Gasteiger partial charge is 0.378 e. The van der Waals surface area contributed by atoms with Gasteiger partial charge < -0.3 is 5.32 Å². The molecule has 2 aromatic carbocycles. The Hall–Kier alpha value is -2.62. The molecule has 24 heavy (non-hydrogen) atoms. The van der Waals surface area contributed by atoms with Gasteiger partial charge in [0.1, 0.15) is 0 Å². The molecule has 0 saturated carbocycles. The van der Waals surface area contributed by atoms with E-state index < -0.39 is 0 Å². The van der Waals surface area contributed by atoms with Crippen LogP contribution in [0.4, 0.5) is 11.4 Å². The third kappa shape index (κ3) is 2.39. The Labute approximate surface area is 141 Å². The minimum absolute atomic E-state index is 0.102. The summed E-state index contributed by atoms with van der Waals surface area (Å²) in [4.78, 5) is 10.8.